The van der Waals surface area contributed by atoms with Crippen LogP contribution in [0.5, 0.6) is 0 Å². The summed E-state index contributed by atoms with van der Waals surface area (Å²) >= 11 is 0. The van der Waals surface area contributed by atoms with E-state index in [9.17, 15) is 0 Å². The molecule has 0 radical (unpaired) electrons. The summed E-state index contributed by atoms with van der Waals surface area (Å²) in [5.41, 5.74) is 2.71. The van der Waals surface area contributed by atoms with Crippen molar-refractivity contribution < 1.29 is 18.9 Å². The van der Waals surface area contributed by atoms with Crippen LogP contribution in [-0.2, 0) is 0 Å². The first-order valence-corrected chi connectivity index (χ1v) is 3.90. The number of fused-ring (bicyclic) bond motifs is 1. The van der Waals surface area contributed by atoms with E-state index in [0.29, 0.717) is 0 Å². The van der Waals surface area contributed by atoms with Crippen LogP contribution in [0, 0.1) is 13.8 Å². The van der Waals surface area contributed by atoms with E-state index in [-0.39, 0.29) is 18.9 Å². The summed E-state index contributed by atoms with van der Waals surface area (Å²) in [4.78, 5) is 0. The first kappa shape index (κ1) is 9.51. The van der Waals surface area contributed by atoms with Gasteiger partial charge < -0.3 is 0 Å². The normalized spacial score (nSPS) is 9.83. The van der Waals surface area contributed by atoms with Gasteiger partial charge in [-0.05, 0) is 6.92 Å². The molecule has 0 atom stereocenters. The summed E-state index contributed by atoms with van der Waals surface area (Å²) in [5, 5.41) is 2.75. The minimum atomic E-state index is 0. The Bertz CT molecular complexity index is 385. The third kappa shape index (κ3) is 1.46. The Kier molecular flexibility index (Phi) is 2.72. The Morgan fingerprint density at radius 3 is 2.67 bits per heavy atom. The summed E-state index contributed by atoms with van der Waals surface area (Å²) in [7, 11) is 0. The van der Waals surface area contributed by atoms with E-state index in [1.54, 1.807) is 0 Å². The quantitative estimate of drug-likeness (QED) is 0.371. The van der Waals surface area contributed by atoms with Gasteiger partial charge in [-0.1, -0.05) is 12.5 Å². The molecule has 0 heterocycles. The summed E-state index contributed by atoms with van der Waals surface area (Å²) in [6.45, 7) is 4.28. The third-order valence-corrected chi connectivity index (χ3v) is 2.14. The van der Waals surface area contributed by atoms with E-state index in [1.807, 2.05) is 0 Å². The second-order valence-electron chi connectivity index (χ2n) is 3.11. The van der Waals surface area contributed by atoms with Crippen LogP contribution in [0.15, 0.2) is 30.3 Å². The molecule has 12 heavy (non-hydrogen) atoms. The fraction of sp³-hybridized carbons (Fsp3) is 0.182. The van der Waals surface area contributed by atoms with E-state index in [1.165, 1.54) is 21.9 Å². The van der Waals surface area contributed by atoms with Crippen molar-refractivity contribution in [2.24, 2.45) is 0 Å². The largest absolute Gasteiger partial charge is 1.00 e. The smallest absolute Gasteiger partial charge is 0.168 e. The van der Waals surface area contributed by atoms with E-state index in [2.05, 4.69) is 44.2 Å². The van der Waals surface area contributed by atoms with Crippen LogP contribution >= 0.6 is 0 Å². The first-order chi connectivity index (χ1) is 5.27. The minimum absolute atomic E-state index is 0. The average molecular weight is 150 g/mol. The monoisotopic (exact) mass is 150 g/mol. The standard InChI is InChI=1S/C11H11.Li/c1-8-3-6-11-9(2)4-5-10(11)7-8;/h3-7H,1-2H3;/q-1;+1. The molecule has 2 rings (SSSR count). The third-order valence-electron chi connectivity index (χ3n) is 2.14. The molecule has 56 valence electrons. The van der Waals surface area contributed by atoms with Gasteiger partial charge in [0.2, 0.25) is 0 Å². The Morgan fingerprint density at radius 2 is 1.92 bits per heavy atom. The van der Waals surface area contributed by atoms with Gasteiger partial charge in [-0.25, -0.2) is 0 Å². The minimum Gasteiger partial charge on any atom is -0.168 e. The molecule has 0 bridgehead atoms. The van der Waals surface area contributed by atoms with Crippen molar-refractivity contribution in [2.75, 3.05) is 0 Å². The first-order valence-electron chi connectivity index (χ1n) is 3.90. The zero-order valence-electron chi connectivity index (χ0n) is 7.89. The number of rotatable bonds is 0. The van der Waals surface area contributed by atoms with Crippen molar-refractivity contribution in [3.8, 4) is 0 Å². The van der Waals surface area contributed by atoms with Gasteiger partial charge >= 0.3 is 18.9 Å². The van der Waals surface area contributed by atoms with E-state index in [0.717, 1.165) is 0 Å². The van der Waals surface area contributed by atoms with Gasteiger partial charge in [-0.2, -0.15) is 12.1 Å². The fourth-order valence-corrected chi connectivity index (χ4v) is 1.48. The van der Waals surface area contributed by atoms with Crippen LogP contribution < -0.4 is 18.9 Å². The fourth-order valence-electron chi connectivity index (χ4n) is 1.48. The molecule has 0 saturated heterocycles. The molecule has 1 heteroatoms. The number of benzene rings is 1. The number of hydrogen-bond acceptors (Lipinski definition) is 0. The van der Waals surface area contributed by atoms with E-state index >= 15 is 0 Å². The Hall–Kier alpha value is -0.573. The molecule has 0 nitrogen and oxygen atoms in total. The van der Waals surface area contributed by atoms with Gasteiger partial charge in [0.1, 0.15) is 0 Å². The van der Waals surface area contributed by atoms with Crippen LogP contribution in [0.2, 0.25) is 0 Å². The molecule has 0 aromatic heterocycles. The molecule has 2 aromatic rings. The summed E-state index contributed by atoms with van der Waals surface area (Å²) in [6, 6.07) is 10.9. The van der Waals surface area contributed by atoms with Crippen molar-refractivity contribution in [3.63, 3.8) is 0 Å². The maximum absolute atomic E-state index is 2.22. The van der Waals surface area contributed by atoms with Crippen LogP contribution in [0.1, 0.15) is 11.1 Å². The molecular formula is C11H11Li. The predicted octanol–water partition coefficient (Wildman–Crippen LogP) is 0.180. The molecule has 2 aromatic carbocycles. The molecule has 0 aliphatic carbocycles. The van der Waals surface area contributed by atoms with Gasteiger partial charge in [-0.15, -0.1) is 34.5 Å². The van der Waals surface area contributed by atoms with Crippen molar-refractivity contribution in [1.29, 1.82) is 0 Å². The summed E-state index contributed by atoms with van der Waals surface area (Å²) < 4.78 is 0. The predicted molar refractivity (Wildman–Crippen MR) is 49.0 cm³/mol. The average Bonchev–Trinajstić information content (AvgIpc) is 2.32. The van der Waals surface area contributed by atoms with Crippen LogP contribution in [0.4, 0.5) is 0 Å². The molecule has 0 aliphatic rings. The maximum atomic E-state index is 2.22. The van der Waals surface area contributed by atoms with E-state index in [4.69, 9.17) is 0 Å². The van der Waals surface area contributed by atoms with Gasteiger partial charge in [-0.3, -0.25) is 0 Å². The van der Waals surface area contributed by atoms with Gasteiger partial charge in [0.15, 0.2) is 0 Å². The van der Waals surface area contributed by atoms with Gasteiger partial charge in [0.05, 0.1) is 0 Å². The van der Waals surface area contributed by atoms with Crippen molar-refractivity contribution in [3.05, 3.63) is 41.5 Å². The molecule has 0 amide bonds. The summed E-state index contributed by atoms with van der Waals surface area (Å²) in [6.07, 6.45) is 0. The zero-order chi connectivity index (χ0) is 7.84. The molecule has 0 saturated carbocycles. The van der Waals surface area contributed by atoms with Crippen molar-refractivity contribution in [2.45, 2.75) is 13.8 Å². The molecule has 0 spiro atoms. The van der Waals surface area contributed by atoms with Gasteiger partial charge in [0.25, 0.3) is 0 Å². The second-order valence-corrected chi connectivity index (χ2v) is 3.11. The SMILES string of the molecule is Cc1ccc2c(cc[c-]2C)c1.[Li+]. The van der Waals surface area contributed by atoms with Gasteiger partial charge in [0, 0.05) is 0 Å². The summed E-state index contributed by atoms with van der Waals surface area (Å²) in [5.74, 6) is 0. The number of hydrogen-bond donors (Lipinski definition) is 0. The van der Waals surface area contributed by atoms with E-state index < -0.39 is 0 Å². The van der Waals surface area contributed by atoms with Crippen LogP contribution in [0.25, 0.3) is 10.8 Å². The molecular weight excluding hydrogens is 139 g/mol. The molecule has 0 N–H and O–H groups in total. The zero-order valence-corrected chi connectivity index (χ0v) is 7.89. The number of aryl methyl sites for hydroxylation is 2. The topological polar surface area (TPSA) is 0 Å². The molecule has 0 unspecified atom stereocenters. The molecule has 0 fully saturated rings. The second kappa shape index (κ2) is 3.43. The van der Waals surface area contributed by atoms with Crippen molar-refractivity contribution >= 4 is 10.8 Å². The van der Waals surface area contributed by atoms with Crippen molar-refractivity contribution in [1.82, 2.24) is 0 Å². The molecule has 0 aliphatic heterocycles. The Labute approximate surface area is 85.1 Å². The Balaban J connectivity index is 0.000000720. The Morgan fingerprint density at radius 1 is 1.17 bits per heavy atom. The maximum Gasteiger partial charge on any atom is 1.00 e. The van der Waals surface area contributed by atoms with Crippen LogP contribution in [-0.4, -0.2) is 0 Å². The van der Waals surface area contributed by atoms with Crippen LogP contribution in [0.3, 0.4) is 0 Å².